The van der Waals surface area contributed by atoms with E-state index in [9.17, 15) is 13.2 Å². The number of carbonyl (C=O) groups is 1. The zero-order valence-corrected chi connectivity index (χ0v) is 19.9. The molecule has 0 saturated carbocycles. The van der Waals surface area contributed by atoms with E-state index in [0.717, 1.165) is 24.9 Å². The number of sulfonamides is 1. The number of rotatable bonds is 7. The number of nitrogens with one attached hydrogen (secondary N) is 1. The van der Waals surface area contributed by atoms with Crippen LogP contribution in [0, 0.1) is 0 Å². The lowest BCUT2D eigenvalue weighted by Crippen LogP contribution is -2.40. The van der Waals surface area contributed by atoms with Gasteiger partial charge in [0.15, 0.2) is 11.5 Å². The number of benzene rings is 2. The normalized spacial score (nSPS) is 18.5. The number of anilines is 2. The van der Waals surface area contributed by atoms with Gasteiger partial charge in [0.05, 0.1) is 16.3 Å². The largest absolute Gasteiger partial charge is 0.485 e. The number of para-hydroxylation sites is 2. The fourth-order valence-corrected chi connectivity index (χ4v) is 5.78. The van der Waals surface area contributed by atoms with Gasteiger partial charge >= 0.3 is 0 Å². The third kappa shape index (κ3) is 4.94. The number of amides is 1. The predicted molar refractivity (Wildman–Crippen MR) is 128 cm³/mol. The highest BCUT2D eigenvalue weighted by atomic mass is 32.2. The second-order valence-electron chi connectivity index (χ2n) is 8.17. The van der Waals surface area contributed by atoms with Gasteiger partial charge < -0.3 is 19.7 Å². The van der Waals surface area contributed by atoms with Crippen molar-refractivity contribution in [2.45, 2.75) is 44.1 Å². The highest BCUT2D eigenvalue weighted by Gasteiger charge is 2.30. The molecule has 1 fully saturated rings. The Morgan fingerprint density at radius 3 is 2.45 bits per heavy atom. The molecule has 4 rings (SSSR count). The first-order valence-corrected chi connectivity index (χ1v) is 13.0. The van der Waals surface area contributed by atoms with Crippen LogP contribution in [0.5, 0.6) is 11.5 Å². The van der Waals surface area contributed by atoms with Gasteiger partial charge in [-0.3, -0.25) is 4.79 Å². The lowest BCUT2D eigenvalue weighted by atomic mass is 10.2. The summed E-state index contributed by atoms with van der Waals surface area (Å²) in [7, 11) is -3.63. The van der Waals surface area contributed by atoms with Gasteiger partial charge in [-0.05, 0) is 57.0 Å². The Morgan fingerprint density at radius 2 is 1.76 bits per heavy atom. The molecule has 8 nitrogen and oxygen atoms in total. The molecule has 2 aromatic rings. The van der Waals surface area contributed by atoms with Gasteiger partial charge in [-0.2, -0.15) is 4.31 Å². The van der Waals surface area contributed by atoms with Crippen LogP contribution in [0.4, 0.5) is 11.4 Å². The van der Waals surface area contributed by atoms with E-state index in [1.807, 2.05) is 26.0 Å². The Kier molecular flexibility index (Phi) is 7.09. The summed E-state index contributed by atoms with van der Waals surface area (Å²) in [6.07, 6.45) is 1.93. The average molecular weight is 474 g/mol. The third-order valence-electron chi connectivity index (χ3n) is 6.08. The summed E-state index contributed by atoms with van der Waals surface area (Å²) < 4.78 is 39.5. The molecule has 1 atom stereocenters. The van der Waals surface area contributed by atoms with Crippen molar-refractivity contribution in [3.63, 3.8) is 0 Å². The molecule has 0 spiro atoms. The maximum Gasteiger partial charge on any atom is 0.269 e. The van der Waals surface area contributed by atoms with Crippen molar-refractivity contribution >= 4 is 27.3 Å². The monoisotopic (exact) mass is 473 g/mol. The molecule has 178 valence electrons. The Balaban J connectivity index is 1.62. The minimum absolute atomic E-state index is 0.0786. The van der Waals surface area contributed by atoms with Crippen molar-refractivity contribution in [1.82, 2.24) is 4.31 Å². The molecular formula is C24H31N3O5S. The molecule has 1 amide bonds. The summed E-state index contributed by atoms with van der Waals surface area (Å²) in [4.78, 5) is 15.3. The molecule has 9 heteroatoms. The quantitative estimate of drug-likeness (QED) is 0.662. The summed E-state index contributed by atoms with van der Waals surface area (Å²) >= 11 is 0. The van der Waals surface area contributed by atoms with Gasteiger partial charge in [0.25, 0.3) is 5.91 Å². The highest BCUT2D eigenvalue weighted by molar-refractivity contribution is 7.89. The summed E-state index contributed by atoms with van der Waals surface area (Å²) in [5.41, 5.74) is 1.22. The smallest absolute Gasteiger partial charge is 0.269 e. The van der Waals surface area contributed by atoms with Crippen LogP contribution in [0.15, 0.2) is 47.4 Å². The summed E-state index contributed by atoms with van der Waals surface area (Å²) in [6, 6.07) is 12.2. The molecule has 0 aromatic heterocycles. The van der Waals surface area contributed by atoms with Crippen LogP contribution < -0.4 is 19.7 Å². The molecule has 1 N–H and O–H groups in total. The molecule has 1 saturated heterocycles. The third-order valence-corrected chi connectivity index (χ3v) is 7.98. The lowest BCUT2D eigenvalue weighted by Gasteiger charge is -2.29. The van der Waals surface area contributed by atoms with Gasteiger partial charge in [-0.1, -0.05) is 18.6 Å². The molecule has 0 bridgehead atoms. The SMILES string of the molecule is CCN(CC)c1ccc(S(=O)(=O)N2CCCCC2)cc1NC(=O)C1COc2ccccc2O1. The minimum Gasteiger partial charge on any atom is -0.485 e. The zero-order valence-electron chi connectivity index (χ0n) is 19.1. The maximum atomic E-state index is 13.2. The summed E-state index contributed by atoms with van der Waals surface area (Å²) in [6.45, 7) is 6.59. The van der Waals surface area contributed by atoms with E-state index >= 15 is 0 Å². The topological polar surface area (TPSA) is 88.2 Å². The van der Waals surface area contributed by atoms with Crippen LogP contribution in [-0.2, 0) is 14.8 Å². The van der Waals surface area contributed by atoms with Crippen molar-refractivity contribution < 1.29 is 22.7 Å². The summed E-state index contributed by atoms with van der Waals surface area (Å²) in [5, 5.41) is 2.91. The fraction of sp³-hybridized carbons (Fsp3) is 0.458. The van der Waals surface area contributed by atoms with E-state index in [0.29, 0.717) is 43.4 Å². The Bertz CT molecular complexity index is 1100. The van der Waals surface area contributed by atoms with E-state index < -0.39 is 16.1 Å². The lowest BCUT2D eigenvalue weighted by molar-refractivity contribution is -0.125. The molecular weight excluding hydrogens is 442 g/mol. The number of hydrogen-bond acceptors (Lipinski definition) is 6. The standard InChI is InChI=1S/C24H31N3O5S/c1-3-26(4-2)20-13-12-18(33(29,30)27-14-8-5-9-15-27)16-19(20)25-24(28)23-17-31-21-10-6-7-11-22(21)32-23/h6-7,10-13,16,23H,3-5,8-9,14-15,17H2,1-2H3,(H,25,28). The Hall–Kier alpha value is -2.78. The Labute approximate surface area is 195 Å². The molecule has 1 unspecified atom stereocenters. The second kappa shape index (κ2) is 10.0. The fourth-order valence-electron chi connectivity index (χ4n) is 4.23. The van der Waals surface area contributed by atoms with Crippen molar-refractivity contribution in [1.29, 1.82) is 0 Å². The first-order chi connectivity index (χ1) is 15.9. The van der Waals surface area contributed by atoms with E-state index in [4.69, 9.17) is 9.47 Å². The molecule has 33 heavy (non-hydrogen) atoms. The van der Waals surface area contributed by atoms with Crippen LogP contribution in [0.3, 0.4) is 0 Å². The first-order valence-electron chi connectivity index (χ1n) is 11.5. The van der Waals surface area contributed by atoms with Crippen molar-refractivity contribution in [3.05, 3.63) is 42.5 Å². The van der Waals surface area contributed by atoms with Crippen molar-refractivity contribution in [2.24, 2.45) is 0 Å². The minimum atomic E-state index is -3.63. The highest BCUT2D eigenvalue weighted by Crippen LogP contribution is 2.33. The van der Waals surface area contributed by atoms with Gasteiger partial charge in [-0.25, -0.2) is 8.42 Å². The van der Waals surface area contributed by atoms with Crippen molar-refractivity contribution in [3.8, 4) is 11.5 Å². The number of nitrogens with zero attached hydrogens (tertiary/aromatic N) is 2. The van der Waals surface area contributed by atoms with Gasteiger partial charge in [0.2, 0.25) is 16.1 Å². The number of carbonyl (C=O) groups excluding carboxylic acids is 1. The first kappa shape index (κ1) is 23.4. The van der Waals surface area contributed by atoms with Crippen LogP contribution in [0.2, 0.25) is 0 Å². The van der Waals surface area contributed by atoms with Crippen LogP contribution in [0.25, 0.3) is 0 Å². The van der Waals surface area contributed by atoms with Gasteiger partial charge in [0.1, 0.15) is 6.61 Å². The predicted octanol–water partition coefficient (Wildman–Crippen LogP) is 3.49. The molecule has 2 aromatic carbocycles. The number of piperidine rings is 1. The number of ether oxygens (including phenoxy) is 2. The van der Waals surface area contributed by atoms with E-state index in [1.165, 1.54) is 4.31 Å². The maximum absolute atomic E-state index is 13.2. The van der Waals surface area contributed by atoms with Gasteiger partial charge in [-0.15, -0.1) is 0 Å². The molecule has 0 aliphatic carbocycles. The molecule has 2 aliphatic rings. The number of hydrogen-bond donors (Lipinski definition) is 1. The zero-order chi connectivity index (χ0) is 23.4. The van der Waals surface area contributed by atoms with Gasteiger partial charge in [0, 0.05) is 26.2 Å². The van der Waals surface area contributed by atoms with Crippen molar-refractivity contribution in [2.75, 3.05) is 43.0 Å². The van der Waals surface area contributed by atoms with E-state index in [-0.39, 0.29) is 17.4 Å². The van der Waals surface area contributed by atoms with E-state index in [2.05, 4.69) is 10.2 Å². The van der Waals surface area contributed by atoms with Crippen LogP contribution in [0.1, 0.15) is 33.1 Å². The summed E-state index contributed by atoms with van der Waals surface area (Å²) in [5.74, 6) is 0.722. The molecule has 2 aliphatic heterocycles. The van der Waals surface area contributed by atoms with E-state index in [1.54, 1.807) is 30.3 Å². The van der Waals surface area contributed by atoms with Crippen LogP contribution >= 0.6 is 0 Å². The second-order valence-corrected chi connectivity index (χ2v) is 10.1. The van der Waals surface area contributed by atoms with Crippen LogP contribution in [-0.4, -0.2) is 57.5 Å². The number of fused-ring (bicyclic) bond motifs is 1. The Morgan fingerprint density at radius 1 is 1.06 bits per heavy atom. The molecule has 2 heterocycles. The molecule has 0 radical (unpaired) electrons. The average Bonchev–Trinajstić information content (AvgIpc) is 2.85.